The van der Waals surface area contributed by atoms with E-state index in [4.69, 9.17) is 14.2 Å². The van der Waals surface area contributed by atoms with Gasteiger partial charge in [0.05, 0.1) is 19.9 Å². The van der Waals surface area contributed by atoms with E-state index in [2.05, 4.69) is 18.2 Å². The van der Waals surface area contributed by atoms with Crippen LogP contribution in [0.5, 0.6) is 17.2 Å². The number of hydrogen-bond acceptors (Lipinski definition) is 4. The fraction of sp³-hybridized carbons (Fsp3) is 0.238. The van der Waals surface area contributed by atoms with Crippen molar-refractivity contribution < 1.29 is 45.3 Å². The molecule has 3 rings (SSSR count). The molecule has 3 aromatic rings. The number of fused-ring (bicyclic) bond motifs is 1. The van der Waals surface area contributed by atoms with Gasteiger partial charge in [-0.25, -0.2) is 0 Å². The molecule has 0 spiro atoms. The second-order valence-electron chi connectivity index (χ2n) is 5.07. The monoisotopic (exact) mass is 575 g/mol. The first-order valence-corrected chi connectivity index (χ1v) is 8.17. The number of nitrogens with zero attached hydrogens (tertiary/aromatic N) is 1. The molecule has 0 aliphatic heterocycles. The van der Waals surface area contributed by atoms with Crippen molar-refractivity contribution in [2.45, 2.75) is 20.3 Å². The first kappa shape index (κ1) is 22.3. The van der Waals surface area contributed by atoms with Crippen LogP contribution in [0.25, 0.3) is 10.8 Å². The van der Waals surface area contributed by atoms with Crippen molar-refractivity contribution in [3.63, 3.8) is 0 Å². The maximum absolute atomic E-state index is 5.40. The summed E-state index contributed by atoms with van der Waals surface area (Å²) in [5.74, 6) is 2.01. The fourth-order valence-electron chi connectivity index (χ4n) is 2.58. The Bertz CT molecular complexity index is 837. The van der Waals surface area contributed by atoms with Crippen LogP contribution in [0.1, 0.15) is 25.1 Å². The Balaban J connectivity index is 0.00000109. The SMILES string of the molecule is CC.[CH2-]Oc1[c-]ccc(Cc2nccc3cc(OC)c(OC)cc23)c1.[U+2]. The molecule has 0 bridgehead atoms. The second kappa shape index (κ2) is 11.1. The first-order valence-electron chi connectivity index (χ1n) is 8.17. The molecule has 0 fully saturated rings. The number of benzene rings is 2. The molecule has 0 unspecified atom stereocenters. The van der Waals surface area contributed by atoms with Crippen LogP contribution in [0.15, 0.2) is 42.6 Å². The smallest absolute Gasteiger partial charge is 0.683 e. The zero-order chi connectivity index (χ0) is 18.2. The molecule has 26 heavy (non-hydrogen) atoms. The van der Waals surface area contributed by atoms with Crippen LogP contribution in [0.4, 0.5) is 0 Å². The van der Waals surface area contributed by atoms with Gasteiger partial charge in [-0.3, -0.25) is 4.98 Å². The number of ether oxygens (including phenoxy) is 3. The topological polar surface area (TPSA) is 40.6 Å². The molecule has 0 aliphatic carbocycles. The summed E-state index contributed by atoms with van der Waals surface area (Å²) in [6, 6.07) is 14.6. The van der Waals surface area contributed by atoms with Crippen LogP contribution in [0.3, 0.4) is 0 Å². The predicted octanol–water partition coefficient (Wildman–Crippen LogP) is 4.84. The van der Waals surface area contributed by atoms with Crippen molar-refractivity contribution in [2.75, 3.05) is 14.2 Å². The standard InChI is InChI=1S/C19H17NO3.C2H6.U/c1-21-15-6-4-5-13(9-15)10-17-16-12-19(23-3)18(22-2)11-14(16)7-8-20-17;1-2;/h4-5,7-9,11-12H,1,10H2,2-3H3;1-2H3;/q-2;;+2. The third-order valence-electron chi connectivity index (χ3n) is 3.72. The van der Waals surface area contributed by atoms with Gasteiger partial charge in [-0.2, -0.15) is 19.2 Å². The predicted molar refractivity (Wildman–Crippen MR) is 100 cm³/mol. The summed E-state index contributed by atoms with van der Waals surface area (Å²) in [6.07, 6.45) is 2.48. The zero-order valence-electron chi connectivity index (χ0n) is 15.6. The van der Waals surface area contributed by atoms with Crippen LogP contribution in [0, 0.1) is 44.3 Å². The summed E-state index contributed by atoms with van der Waals surface area (Å²) in [5.41, 5.74) is 2.04. The molecule has 5 heteroatoms. The summed E-state index contributed by atoms with van der Waals surface area (Å²) in [6.45, 7) is 4.00. The minimum Gasteiger partial charge on any atom is -0.683 e. The third-order valence-corrected chi connectivity index (χ3v) is 3.72. The summed E-state index contributed by atoms with van der Waals surface area (Å²) in [5, 5.41) is 2.10. The van der Waals surface area contributed by atoms with Gasteiger partial charge >= 0.3 is 31.1 Å². The molecule has 0 N–H and O–H groups in total. The van der Waals surface area contributed by atoms with E-state index in [1.165, 1.54) is 0 Å². The van der Waals surface area contributed by atoms with Crippen molar-refractivity contribution in [1.82, 2.24) is 4.98 Å². The Morgan fingerprint density at radius 3 is 2.38 bits per heavy atom. The molecule has 4 nitrogen and oxygen atoms in total. The average molecular weight is 575 g/mol. The van der Waals surface area contributed by atoms with Gasteiger partial charge in [0.2, 0.25) is 0 Å². The van der Waals surface area contributed by atoms with Gasteiger partial charge in [-0.1, -0.05) is 13.8 Å². The van der Waals surface area contributed by atoms with Gasteiger partial charge in [-0.15, -0.1) is 17.7 Å². The summed E-state index contributed by atoms with van der Waals surface area (Å²) in [4.78, 5) is 4.53. The molecule has 2 aromatic carbocycles. The number of hydrogen-bond donors (Lipinski definition) is 0. The zero-order valence-corrected chi connectivity index (χ0v) is 19.8. The summed E-state index contributed by atoms with van der Waals surface area (Å²) in [7, 11) is 6.68. The number of aromatic nitrogens is 1. The van der Waals surface area contributed by atoms with Crippen LogP contribution in [-0.4, -0.2) is 19.2 Å². The molecule has 0 saturated carbocycles. The van der Waals surface area contributed by atoms with Crippen molar-refractivity contribution in [3.05, 3.63) is 67.0 Å². The van der Waals surface area contributed by atoms with Gasteiger partial charge in [0, 0.05) is 11.6 Å². The van der Waals surface area contributed by atoms with Gasteiger partial charge in [0.25, 0.3) is 0 Å². The number of pyridine rings is 1. The van der Waals surface area contributed by atoms with E-state index in [1.807, 2.05) is 50.2 Å². The molecule has 0 saturated heterocycles. The molecular formula is C21H23NO3U. The average Bonchev–Trinajstić information content (AvgIpc) is 2.68. The largest absolute Gasteiger partial charge is 2.00 e. The molecular weight excluding hydrogens is 552 g/mol. The van der Waals surface area contributed by atoms with Gasteiger partial charge < -0.3 is 14.2 Å². The van der Waals surface area contributed by atoms with E-state index < -0.39 is 0 Å². The number of methoxy groups -OCH3 is 2. The van der Waals surface area contributed by atoms with Gasteiger partial charge in [0.1, 0.15) is 0 Å². The van der Waals surface area contributed by atoms with Gasteiger partial charge in [-0.05, 0) is 35.8 Å². The molecule has 0 atom stereocenters. The fourth-order valence-corrected chi connectivity index (χ4v) is 2.58. The van der Waals surface area contributed by atoms with Crippen molar-refractivity contribution in [1.29, 1.82) is 0 Å². The van der Waals surface area contributed by atoms with Crippen LogP contribution < -0.4 is 14.2 Å². The molecule has 0 radical (unpaired) electrons. The quantitative estimate of drug-likeness (QED) is 0.409. The van der Waals surface area contributed by atoms with E-state index in [1.54, 1.807) is 20.4 Å². The maximum Gasteiger partial charge on any atom is 2.00 e. The summed E-state index contributed by atoms with van der Waals surface area (Å²) < 4.78 is 15.7. The molecule has 1 heterocycles. The van der Waals surface area contributed by atoms with Crippen molar-refractivity contribution in [2.24, 2.45) is 0 Å². The van der Waals surface area contributed by atoms with Crippen molar-refractivity contribution >= 4 is 10.8 Å². The number of rotatable bonds is 5. The Morgan fingerprint density at radius 2 is 1.73 bits per heavy atom. The first-order chi connectivity index (χ1) is 12.2. The maximum atomic E-state index is 5.40. The molecule has 1 aromatic heterocycles. The van der Waals surface area contributed by atoms with Gasteiger partial charge in [0.15, 0.2) is 11.5 Å². The molecule has 0 amide bonds. The minimum atomic E-state index is 0. The van der Waals surface area contributed by atoms with Crippen LogP contribution in [-0.2, 0) is 6.42 Å². The Kier molecular flexibility index (Phi) is 9.55. The third kappa shape index (κ3) is 5.16. The van der Waals surface area contributed by atoms with Crippen molar-refractivity contribution in [3.8, 4) is 17.2 Å². The summed E-state index contributed by atoms with van der Waals surface area (Å²) >= 11 is 0. The molecule has 0 aliphatic rings. The molecule has 134 valence electrons. The normalized spacial score (nSPS) is 9.58. The Morgan fingerprint density at radius 1 is 1.04 bits per heavy atom. The van der Waals surface area contributed by atoms with E-state index in [0.29, 0.717) is 23.7 Å². The second-order valence-corrected chi connectivity index (χ2v) is 5.07. The van der Waals surface area contributed by atoms with E-state index >= 15 is 0 Å². The van der Waals surface area contributed by atoms with Crippen LogP contribution >= 0.6 is 0 Å². The van der Waals surface area contributed by atoms with Crippen LogP contribution in [0.2, 0.25) is 0 Å². The van der Waals surface area contributed by atoms with E-state index in [0.717, 1.165) is 22.0 Å². The Hall–Kier alpha value is -1.70. The van der Waals surface area contributed by atoms with E-state index in [-0.39, 0.29) is 31.1 Å². The van der Waals surface area contributed by atoms with E-state index in [9.17, 15) is 0 Å². The Labute approximate surface area is 179 Å². The minimum absolute atomic E-state index is 0.